The highest BCUT2D eigenvalue weighted by Gasteiger charge is 2.21. The van der Waals surface area contributed by atoms with E-state index in [0.29, 0.717) is 6.42 Å². The third-order valence-electron chi connectivity index (χ3n) is 3.09. The van der Waals surface area contributed by atoms with Crippen LogP contribution in [-0.4, -0.2) is 5.91 Å². The number of anilines is 1. The molecule has 0 radical (unpaired) electrons. The van der Waals surface area contributed by atoms with Crippen LogP contribution in [0.5, 0.6) is 0 Å². The van der Waals surface area contributed by atoms with E-state index in [1.807, 2.05) is 18.2 Å². The molecule has 90 valence electrons. The minimum atomic E-state index is -0.259. The first kappa shape index (κ1) is 11.4. The van der Waals surface area contributed by atoms with Crippen molar-refractivity contribution in [3.8, 4) is 11.1 Å². The van der Waals surface area contributed by atoms with Crippen LogP contribution in [0.25, 0.3) is 11.1 Å². The molecule has 0 fully saturated rings. The normalized spacial score (nSPS) is 13.3. The van der Waals surface area contributed by atoms with E-state index in [4.69, 9.17) is 0 Å². The topological polar surface area (TPSA) is 29.1 Å². The highest BCUT2D eigenvalue weighted by Crippen LogP contribution is 2.33. The van der Waals surface area contributed by atoms with E-state index in [1.54, 1.807) is 6.07 Å². The number of benzene rings is 2. The number of carbonyl (C=O) groups excluding carboxylic acids is 1. The molecule has 1 aliphatic rings. The van der Waals surface area contributed by atoms with Gasteiger partial charge in [-0.05, 0) is 40.2 Å². The molecule has 1 amide bonds. The molecular weight excluding hydrogens is 248 g/mol. The lowest BCUT2D eigenvalue weighted by atomic mass is 9.98. The van der Waals surface area contributed by atoms with Gasteiger partial charge in [0.05, 0.1) is 6.42 Å². The summed E-state index contributed by atoms with van der Waals surface area (Å²) in [7, 11) is 2.54. The van der Waals surface area contributed by atoms with Crippen LogP contribution in [0.3, 0.4) is 0 Å². The average Bonchev–Trinajstić information content (AvgIpc) is 2.69. The fraction of sp³-hybridized carbons (Fsp3) is 0.0714. The molecule has 1 atom stereocenters. The summed E-state index contributed by atoms with van der Waals surface area (Å²) in [4.78, 5) is 11.4. The molecule has 2 nitrogen and oxygen atoms in total. The van der Waals surface area contributed by atoms with Gasteiger partial charge in [-0.2, -0.15) is 0 Å². The van der Waals surface area contributed by atoms with Gasteiger partial charge in [0.25, 0.3) is 0 Å². The van der Waals surface area contributed by atoms with Gasteiger partial charge in [0, 0.05) is 5.69 Å². The Morgan fingerprint density at radius 1 is 1.17 bits per heavy atom. The molecule has 3 rings (SSSR count). The molecule has 4 heteroatoms. The Balaban J connectivity index is 2.19. The zero-order valence-corrected chi connectivity index (χ0v) is 10.7. The van der Waals surface area contributed by atoms with Crippen LogP contribution in [-0.2, 0) is 11.2 Å². The molecule has 1 N–H and O–H groups in total. The molecule has 1 unspecified atom stereocenters. The monoisotopic (exact) mass is 259 g/mol. The summed E-state index contributed by atoms with van der Waals surface area (Å²) in [5.74, 6) is -0.254. The van der Waals surface area contributed by atoms with Crippen molar-refractivity contribution in [1.29, 1.82) is 0 Å². The zero-order valence-electron chi connectivity index (χ0n) is 9.53. The van der Waals surface area contributed by atoms with Crippen molar-refractivity contribution in [3.63, 3.8) is 0 Å². The maximum Gasteiger partial charge on any atom is 0.228 e. The van der Waals surface area contributed by atoms with Crippen LogP contribution in [0.15, 0.2) is 36.4 Å². The quantitative estimate of drug-likeness (QED) is 0.783. The first-order valence-electron chi connectivity index (χ1n) is 5.62. The van der Waals surface area contributed by atoms with Gasteiger partial charge in [0.15, 0.2) is 0 Å². The van der Waals surface area contributed by atoms with E-state index in [9.17, 15) is 9.18 Å². The molecule has 18 heavy (non-hydrogen) atoms. The van der Waals surface area contributed by atoms with Crippen LogP contribution in [0.2, 0.25) is 0 Å². The van der Waals surface area contributed by atoms with Crippen molar-refractivity contribution in [3.05, 3.63) is 47.8 Å². The summed E-state index contributed by atoms with van der Waals surface area (Å²) >= 11 is 0. The zero-order chi connectivity index (χ0) is 12.7. The van der Waals surface area contributed by atoms with E-state index < -0.39 is 0 Å². The molecule has 2 aromatic carbocycles. The number of rotatable bonds is 1. The second-order valence-corrected chi connectivity index (χ2v) is 4.91. The summed E-state index contributed by atoms with van der Waals surface area (Å²) in [5.41, 5.74) is 3.76. The van der Waals surface area contributed by atoms with Gasteiger partial charge in [0.2, 0.25) is 5.91 Å². The SMILES string of the molecule is O=C1Cc2c(cccc2-c2ccc(F)cc2P)N1. The Bertz CT molecular complexity index is 654. The summed E-state index contributed by atoms with van der Waals surface area (Å²) in [6.07, 6.45) is 0.382. The number of carbonyl (C=O) groups is 1. The molecule has 1 aliphatic heterocycles. The predicted octanol–water partition coefficient (Wildman–Crippen LogP) is 2.49. The number of nitrogens with one attached hydrogen (secondary N) is 1. The van der Waals surface area contributed by atoms with Crippen molar-refractivity contribution in [2.45, 2.75) is 6.42 Å². The maximum absolute atomic E-state index is 13.1. The lowest BCUT2D eigenvalue weighted by Crippen LogP contribution is -2.03. The summed E-state index contributed by atoms with van der Waals surface area (Å²) in [6.45, 7) is 0. The van der Waals surface area contributed by atoms with E-state index in [-0.39, 0.29) is 11.7 Å². The van der Waals surface area contributed by atoms with E-state index >= 15 is 0 Å². The van der Waals surface area contributed by atoms with Crippen molar-refractivity contribution < 1.29 is 9.18 Å². The van der Waals surface area contributed by atoms with E-state index in [0.717, 1.165) is 27.7 Å². The predicted molar refractivity (Wildman–Crippen MR) is 73.5 cm³/mol. The molecule has 2 aromatic rings. The second-order valence-electron chi connectivity index (χ2n) is 4.29. The van der Waals surface area contributed by atoms with E-state index in [2.05, 4.69) is 14.6 Å². The molecule has 0 saturated heterocycles. The largest absolute Gasteiger partial charge is 0.326 e. The van der Waals surface area contributed by atoms with Crippen molar-refractivity contribution in [2.75, 3.05) is 5.32 Å². The van der Waals surface area contributed by atoms with E-state index in [1.165, 1.54) is 12.1 Å². The highest BCUT2D eigenvalue weighted by atomic mass is 31.0. The molecule has 0 aliphatic carbocycles. The second kappa shape index (κ2) is 4.18. The van der Waals surface area contributed by atoms with Gasteiger partial charge >= 0.3 is 0 Å². The molecule has 0 spiro atoms. The molecular formula is C14H11FNOP. The first-order valence-corrected chi connectivity index (χ1v) is 6.20. The van der Waals surface area contributed by atoms with Crippen molar-refractivity contribution in [2.24, 2.45) is 0 Å². The number of hydrogen-bond donors (Lipinski definition) is 1. The van der Waals surface area contributed by atoms with Crippen LogP contribution >= 0.6 is 9.24 Å². The Morgan fingerprint density at radius 3 is 2.78 bits per heavy atom. The Hall–Kier alpha value is -1.73. The average molecular weight is 259 g/mol. The molecule has 0 bridgehead atoms. The van der Waals surface area contributed by atoms with Crippen molar-refractivity contribution >= 4 is 26.1 Å². The van der Waals surface area contributed by atoms with Gasteiger partial charge in [-0.1, -0.05) is 18.2 Å². The molecule has 0 aromatic heterocycles. The lowest BCUT2D eigenvalue weighted by Gasteiger charge is -2.10. The van der Waals surface area contributed by atoms with Crippen LogP contribution in [0.1, 0.15) is 5.56 Å². The highest BCUT2D eigenvalue weighted by molar-refractivity contribution is 7.28. The third-order valence-corrected chi connectivity index (χ3v) is 3.57. The standard InChI is InChI=1S/C14H11FNOP/c15-8-4-5-10(13(18)6-8)9-2-1-3-12-11(9)7-14(17)16-12/h1-6H,7,18H2,(H,16,17). The smallest absolute Gasteiger partial charge is 0.228 e. The summed E-state index contributed by atoms with van der Waals surface area (Å²) in [6, 6.07) is 10.4. The van der Waals surface area contributed by atoms with Gasteiger partial charge in [0.1, 0.15) is 5.82 Å². The van der Waals surface area contributed by atoms with Gasteiger partial charge in [-0.25, -0.2) is 4.39 Å². The fourth-order valence-corrected chi connectivity index (χ4v) is 2.69. The Kier molecular flexibility index (Phi) is 2.64. The lowest BCUT2D eigenvalue weighted by molar-refractivity contribution is -0.115. The number of fused-ring (bicyclic) bond motifs is 1. The van der Waals surface area contributed by atoms with Crippen LogP contribution in [0.4, 0.5) is 10.1 Å². The Labute approximate surface area is 106 Å². The minimum Gasteiger partial charge on any atom is -0.326 e. The minimum absolute atomic E-state index is 0.00451. The third kappa shape index (κ3) is 1.81. The fourth-order valence-electron chi connectivity index (χ4n) is 2.28. The van der Waals surface area contributed by atoms with Gasteiger partial charge < -0.3 is 5.32 Å². The molecule has 0 saturated carbocycles. The molecule has 1 heterocycles. The summed E-state index contributed by atoms with van der Waals surface area (Å²) < 4.78 is 13.1. The summed E-state index contributed by atoms with van der Waals surface area (Å²) in [5, 5.41) is 3.61. The Morgan fingerprint density at radius 2 is 2.00 bits per heavy atom. The van der Waals surface area contributed by atoms with Crippen LogP contribution in [0, 0.1) is 5.82 Å². The number of hydrogen-bond acceptors (Lipinski definition) is 1. The van der Waals surface area contributed by atoms with Gasteiger partial charge in [-0.3, -0.25) is 4.79 Å². The maximum atomic E-state index is 13.1. The first-order chi connectivity index (χ1) is 8.65. The number of amides is 1. The number of halogens is 1. The van der Waals surface area contributed by atoms with Crippen LogP contribution < -0.4 is 10.6 Å². The van der Waals surface area contributed by atoms with Gasteiger partial charge in [-0.15, -0.1) is 9.24 Å². The van der Waals surface area contributed by atoms with Crippen molar-refractivity contribution in [1.82, 2.24) is 0 Å².